The van der Waals surface area contributed by atoms with Crippen molar-refractivity contribution in [2.75, 3.05) is 6.54 Å². The van der Waals surface area contributed by atoms with Gasteiger partial charge in [-0.3, -0.25) is 4.79 Å². The Morgan fingerprint density at radius 3 is 2.46 bits per heavy atom. The molecule has 0 saturated carbocycles. The van der Waals surface area contributed by atoms with E-state index in [0.29, 0.717) is 35.1 Å². The number of fused-ring (bicyclic) bond motifs is 1. The van der Waals surface area contributed by atoms with Crippen LogP contribution in [-0.2, 0) is 12.7 Å². The Bertz CT molecular complexity index is 966. The summed E-state index contributed by atoms with van der Waals surface area (Å²) in [5.41, 5.74) is 1.72. The van der Waals surface area contributed by atoms with Crippen LogP contribution in [0, 0.1) is 12.8 Å². The fourth-order valence-corrected chi connectivity index (χ4v) is 3.07. The van der Waals surface area contributed by atoms with Crippen LogP contribution in [0.3, 0.4) is 0 Å². The molecule has 0 radical (unpaired) electrons. The smallest absolute Gasteiger partial charge is 0.416 e. The predicted molar refractivity (Wildman–Crippen MR) is 101 cm³/mol. The van der Waals surface area contributed by atoms with Crippen molar-refractivity contribution in [2.24, 2.45) is 5.92 Å². The summed E-state index contributed by atoms with van der Waals surface area (Å²) >= 11 is 0. The van der Waals surface area contributed by atoms with Crippen molar-refractivity contribution in [3.8, 4) is 0 Å². The highest BCUT2D eigenvalue weighted by Crippen LogP contribution is 2.30. The maximum absolute atomic E-state index is 12.8. The Labute approximate surface area is 161 Å². The third kappa shape index (κ3) is 4.40. The summed E-state index contributed by atoms with van der Waals surface area (Å²) in [6.45, 7) is 6.80. The zero-order valence-electron chi connectivity index (χ0n) is 16.1. The molecule has 0 aliphatic carbocycles. The fraction of sp³-hybridized carbons (Fsp3) is 0.381. The van der Waals surface area contributed by atoms with Gasteiger partial charge in [0.1, 0.15) is 11.5 Å². The summed E-state index contributed by atoms with van der Waals surface area (Å²) in [5.74, 6) is 0.952. The number of aromatic nitrogens is 1. The van der Waals surface area contributed by atoms with Gasteiger partial charge in [0.2, 0.25) is 0 Å². The number of amides is 1. The lowest BCUT2D eigenvalue weighted by Crippen LogP contribution is -2.27. The number of carbonyl (C=O) groups excluding carboxylic acids is 1. The standard InChI is InChI=1S/C21H23F3N2O2/c1-13(2)8-9-25-20(27)18-11-19-17(10-14(3)28-19)26(18)12-15-4-6-16(7-5-15)21(22,23)24/h4-7,10-11,13H,8-9,12H2,1-3H3,(H,25,27). The number of halogens is 3. The summed E-state index contributed by atoms with van der Waals surface area (Å²) in [5, 5.41) is 2.90. The first kappa shape index (κ1) is 20.0. The van der Waals surface area contributed by atoms with E-state index in [0.717, 1.165) is 24.1 Å². The Morgan fingerprint density at radius 2 is 1.86 bits per heavy atom. The second-order valence-electron chi connectivity index (χ2n) is 7.36. The Morgan fingerprint density at radius 1 is 1.18 bits per heavy atom. The van der Waals surface area contributed by atoms with Crippen LogP contribution in [0.5, 0.6) is 0 Å². The van der Waals surface area contributed by atoms with Crippen molar-refractivity contribution < 1.29 is 22.4 Å². The molecule has 4 nitrogen and oxygen atoms in total. The topological polar surface area (TPSA) is 47.2 Å². The monoisotopic (exact) mass is 392 g/mol. The molecule has 2 heterocycles. The van der Waals surface area contributed by atoms with Crippen LogP contribution in [0.25, 0.3) is 11.1 Å². The minimum absolute atomic E-state index is 0.225. The van der Waals surface area contributed by atoms with Crippen LogP contribution in [0.1, 0.15) is 47.6 Å². The SMILES string of the molecule is Cc1cc2c(cc(C(=O)NCCC(C)C)n2Cc2ccc(C(F)(F)F)cc2)o1. The van der Waals surface area contributed by atoms with Crippen molar-refractivity contribution in [2.45, 2.75) is 39.9 Å². The van der Waals surface area contributed by atoms with Crippen LogP contribution in [-0.4, -0.2) is 17.0 Å². The van der Waals surface area contributed by atoms with Crippen LogP contribution in [0.4, 0.5) is 13.2 Å². The lowest BCUT2D eigenvalue weighted by molar-refractivity contribution is -0.137. The summed E-state index contributed by atoms with van der Waals surface area (Å²) < 4.78 is 45.8. The minimum Gasteiger partial charge on any atom is -0.460 e. The molecular weight excluding hydrogens is 369 g/mol. The van der Waals surface area contributed by atoms with E-state index >= 15 is 0 Å². The molecule has 0 aliphatic rings. The molecule has 3 aromatic rings. The van der Waals surface area contributed by atoms with Crippen molar-refractivity contribution in [1.29, 1.82) is 0 Å². The number of furan rings is 1. The minimum atomic E-state index is -4.37. The number of hydrogen-bond donors (Lipinski definition) is 1. The number of aryl methyl sites for hydroxylation is 1. The number of nitrogens with one attached hydrogen (secondary N) is 1. The lowest BCUT2D eigenvalue weighted by atomic mass is 10.1. The van der Waals surface area contributed by atoms with Gasteiger partial charge in [-0.15, -0.1) is 0 Å². The molecule has 0 spiro atoms. The molecule has 0 unspecified atom stereocenters. The van der Waals surface area contributed by atoms with Crippen molar-refractivity contribution in [1.82, 2.24) is 9.88 Å². The van der Waals surface area contributed by atoms with E-state index < -0.39 is 11.7 Å². The molecule has 150 valence electrons. The number of nitrogens with zero attached hydrogens (tertiary/aromatic N) is 1. The van der Waals surface area contributed by atoms with Crippen LogP contribution >= 0.6 is 0 Å². The van der Waals surface area contributed by atoms with E-state index in [-0.39, 0.29) is 12.5 Å². The number of carbonyl (C=O) groups is 1. The average Bonchev–Trinajstić information content (AvgIpc) is 3.11. The van der Waals surface area contributed by atoms with Crippen molar-refractivity contribution in [3.63, 3.8) is 0 Å². The summed E-state index contributed by atoms with van der Waals surface area (Å²) in [7, 11) is 0. The third-order valence-electron chi connectivity index (χ3n) is 4.57. The zero-order chi connectivity index (χ0) is 20.5. The Hall–Kier alpha value is -2.70. The molecule has 3 rings (SSSR count). The number of hydrogen-bond acceptors (Lipinski definition) is 2. The van der Waals surface area contributed by atoms with Crippen LogP contribution in [0.2, 0.25) is 0 Å². The molecular formula is C21H23F3N2O2. The van der Waals surface area contributed by atoms with Gasteiger partial charge in [0, 0.05) is 25.2 Å². The molecule has 1 aromatic carbocycles. The van der Waals surface area contributed by atoms with Gasteiger partial charge in [0.05, 0.1) is 11.1 Å². The van der Waals surface area contributed by atoms with E-state index in [4.69, 9.17) is 4.42 Å². The highest BCUT2D eigenvalue weighted by Gasteiger charge is 2.30. The van der Waals surface area contributed by atoms with Gasteiger partial charge in [-0.25, -0.2) is 0 Å². The quantitative estimate of drug-likeness (QED) is 0.612. The van der Waals surface area contributed by atoms with E-state index in [1.165, 1.54) is 12.1 Å². The normalized spacial score (nSPS) is 12.1. The molecule has 28 heavy (non-hydrogen) atoms. The number of rotatable bonds is 6. The molecule has 7 heteroatoms. The third-order valence-corrected chi connectivity index (χ3v) is 4.57. The Balaban J connectivity index is 1.89. The molecule has 0 aliphatic heterocycles. The summed E-state index contributed by atoms with van der Waals surface area (Å²) in [6, 6.07) is 8.48. The molecule has 1 amide bonds. The van der Waals surface area contributed by atoms with Gasteiger partial charge in [-0.05, 0) is 37.0 Å². The van der Waals surface area contributed by atoms with Crippen LogP contribution in [0.15, 0.2) is 40.8 Å². The second-order valence-corrected chi connectivity index (χ2v) is 7.36. The molecule has 0 atom stereocenters. The van der Waals surface area contributed by atoms with Crippen molar-refractivity contribution >= 4 is 17.0 Å². The molecule has 0 saturated heterocycles. The van der Waals surface area contributed by atoms with E-state index in [1.807, 2.05) is 13.0 Å². The molecule has 0 fully saturated rings. The van der Waals surface area contributed by atoms with Crippen molar-refractivity contribution in [3.05, 3.63) is 59.0 Å². The lowest BCUT2D eigenvalue weighted by Gasteiger charge is -2.12. The van der Waals surface area contributed by atoms with Gasteiger partial charge in [0.25, 0.3) is 5.91 Å². The van der Waals surface area contributed by atoms with Gasteiger partial charge >= 0.3 is 6.18 Å². The number of benzene rings is 1. The molecule has 0 bridgehead atoms. The highest BCUT2D eigenvalue weighted by molar-refractivity contribution is 5.97. The first-order chi connectivity index (χ1) is 13.1. The van der Waals surface area contributed by atoms with Gasteiger partial charge in [0.15, 0.2) is 5.58 Å². The molecule has 1 N–H and O–H groups in total. The Kier molecular flexibility index (Phi) is 5.54. The van der Waals surface area contributed by atoms with E-state index in [2.05, 4.69) is 19.2 Å². The fourth-order valence-electron chi connectivity index (χ4n) is 3.07. The first-order valence-electron chi connectivity index (χ1n) is 9.19. The highest BCUT2D eigenvalue weighted by atomic mass is 19.4. The van der Waals surface area contributed by atoms with Gasteiger partial charge < -0.3 is 14.3 Å². The van der Waals surface area contributed by atoms with Gasteiger partial charge in [-0.2, -0.15) is 13.2 Å². The predicted octanol–water partition coefficient (Wildman–Crippen LogP) is 5.39. The zero-order valence-corrected chi connectivity index (χ0v) is 16.1. The van der Waals surface area contributed by atoms with Crippen LogP contribution < -0.4 is 5.32 Å². The van der Waals surface area contributed by atoms with E-state index in [1.54, 1.807) is 10.6 Å². The number of alkyl halides is 3. The first-order valence-corrected chi connectivity index (χ1v) is 9.19. The molecule has 2 aromatic heterocycles. The summed E-state index contributed by atoms with van der Waals surface area (Å²) in [4.78, 5) is 12.7. The van der Waals surface area contributed by atoms with Gasteiger partial charge in [-0.1, -0.05) is 26.0 Å². The second kappa shape index (κ2) is 7.73. The average molecular weight is 392 g/mol. The summed E-state index contributed by atoms with van der Waals surface area (Å²) in [6.07, 6.45) is -3.51. The maximum Gasteiger partial charge on any atom is 0.416 e. The largest absolute Gasteiger partial charge is 0.460 e. The van der Waals surface area contributed by atoms with E-state index in [9.17, 15) is 18.0 Å². The maximum atomic E-state index is 12.8.